The molecule has 0 saturated carbocycles. The summed E-state index contributed by atoms with van der Waals surface area (Å²) >= 11 is 0. The normalized spacial score (nSPS) is 16.6. The van der Waals surface area contributed by atoms with Crippen LogP contribution in [0.5, 0.6) is 0 Å². The highest BCUT2D eigenvalue weighted by atomic mass is 15.3. The maximum absolute atomic E-state index is 4.97. The van der Waals surface area contributed by atoms with Crippen LogP contribution in [0.4, 0.5) is 17.5 Å². The van der Waals surface area contributed by atoms with Gasteiger partial charge in [-0.3, -0.25) is 9.88 Å². The average Bonchev–Trinajstić information content (AvgIpc) is 3.30. The zero-order chi connectivity index (χ0) is 19.5. The number of fused-ring (bicyclic) bond motifs is 1. The molecule has 6 heteroatoms. The van der Waals surface area contributed by atoms with Crippen molar-refractivity contribution in [1.29, 1.82) is 0 Å². The van der Waals surface area contributed by atoms with Crippen molar-refractivity contribution in [2.45, 2.75) is 32.4 Å². The number of anilines is 3. The second-order valence-corrected chi connectivity index (χ2v) is 7.80. The summed E-state index contributed by atoms with van der Waals surface area (Å²) in [7, 11) is 0. The SMILES string of the molecule is c1ccc(Nc2nc(N3CCCC3)nc3c2CN(Cc2cccnc2)CC3)cc1. The number of rotatable bonds is 5. The molecule has 5 rings (SSSR count). The fourth-order valence-electron chi connectivity index (χ4n) is 4.16. The maximum Gasteiger partial charge on any atom is 0.227 e. The second kappa shape index (κ2) is 8.17. The predicted octanol–water partition coefficient (Wildman–Crippen LogP) is 3.77. The lowest BCUT2D eigenvalue weighted by Gasteiger charge is -2.30. The Balaban J connectivity index is 1.45. The molecule has 1 aromatic carbocycles. The van der Waals surface area contributed by atoms with Gasteiger partial charge in [-0.15, -0.1) is 0 Å². The standard InChI is InChI=1S/C23H26N6/c1-2-8-19(9-3-1)25-22-20-17-28(16-18-7-6-11-24-15-18)14-10-21(20)26-23(27-22)29-12-4-5-13-29/h1-3,6-9,11,15H,4-5,10,12-14,16-17H2,(H,25,26,27). The Labute approximate surface area is 171 Å². The fraction of sp³-hybridized carbons (Fsp3) is 0.348. The van der Waals surface area contributed by atoms with E-state index in [4.69, 9.17) is 9.97 Å². The maximum atomic E-state index is 4.97. The summed E-state index contributed by atoms with van der Waals surface area (Å²) in [5.41, 5.74) is 4.70. The van der Waals surface area contributed by atoms with Gasteiger partial charge in [0.25, 0.3) is 0 Å². The van der Waals surface area contributed by atoms with Gasteiger partial charge in [-0.05, 0) is 36.6 Å². The minimum atomic E-state index is 0.847. The van der Waals surface area contributed by atoms with Crippen LogP contribution >= 0.6 is 0 Å². The molecule has 0 atom stereocenters. The molecule has 2 aromatic heterocycles. The summed E-state index contributed by atoms with van der Waals surface area (Å²) in [6.07, 6.45) is 7.17. The Bertz CT molecular complexity index is 954. The van der Waals surface area contributed by atoms with E-state index < -0.39 is 0 Å². The number of aromatic nitrogens is 3. The minimum Gasteiger partial charge on any atom is -0.341 e. The summed E-state index contributed by atoms with van der Waals surface area (Å²) < 4.78 is 0. The molecule has 4 heterocycles. The molecular weight excluding hydrogens is 360 g/mol. The van der Waals surface area contributed by atoms with Crippen LogP contribution in [0.3, 0.4) is 0 Å². The molecule has 0 aliphatic carbocycles. The molecule has 2 aliphatic heterocycles. The molecule has 0 unspecified atom stereocenters. The summed E-state index contributed by atoms with van der Waals surface area (Å²) in [5.74, 6) is 1.82. The van der Waals surface area contributed by atoms with E-state index >= 15 is 0 Å². The zero-order valence-corrected chi connectivity index (χ0v) is 16.6. The molecule has 0 spiro atoms. The van der Waals surface area contributed by atoms with Gasteiger partial charge in [-0.1, -0.05) is 24.3 Å². The van der Waals surface area contributed by atoms with Crippen LogP contribution in [0.25, 0.3) is 0 Å². The lowest BCUT2D eigenvalue weighted by molar-refractivity contribution is 0.243. The van der Waals surface area contributed by atoms with Gasteiger partial charge in [-0.25, -0.2) is 4.98 Å². The number of para-hydroxylation sites is 1. The highest BCUT2D eigenvalue weighted by Crippen LogP contribution is 2.30. The van der Waals surface area contributed by atoms with Crippen molar-refractivity contribution in [3.63, 3.8) is 0 Å². The van der Waals surface area contributed by atoms with Crippen molar-refractivity contribution < 1.29 is 0 Å². The lowest BCUT2D eigenvalue weighted by Crippen LogP contribution is -2.32. The summed E-state index contributed by atoms with van der Waals surface area (Å²) in [6.45, 7) is 4.85. The summed E-state index contributed by atoms with van der Waals surface area (Å²) in [6, 6.07) is 14.4. The van der Waals surface area contributed by atoms with E-state index in [-0.39, 0.29) is 0 Å². The van der Waals surface area contributed by atoms with Gasteiger partial charge < -0.3 is 10.2 Å². The van der Waals surface area contributed by atoms with Crippen LogP contribution in [0.15, 0.2) is 54.9 Å². The third-order valence-corrected chi connectivity index (χ3v) is 5.68. The first-order chi connectivity index (χ1) is 14.3. The Hall–Kier alpha value is -2.99. The number of hydrogen-bond acceptors (Lipinski definition) is 6. The highest BCUT2D eigenvalue weighted by Gasteiger charge is 2.25. The number of benzene rings is 1. The summed E-state index contributed by atoms with van der Waals surface area (Å²) in [4.78, 5) is 19.0. The third kappa shape index (κ3) is 4.07. The molecule has 0 bridgehead atoms. The molecule has 2 aliphatic rings. The largest absolute Gasteiger partial charge is 0.341 e. The second-order valence-electron chi connectivity index (χ2n) is 7.80. The van der Waals surface area contributed by atoms with Gasteiger partial charge in [0.05, 0.1) is 5.69 Å². The van der Waals surface area contributed by atoms with Crippen LogP contribution in [0.2, 0.25) is 0 Å². The Morgan fingerprint density at radius 3 is 2.59 bits per heavy atom. The van der Waals surface area contributed by atoms with Crippen molar-refractivity contribution in [2.24, 2.45) is 0 Å². The van der Waals surface area contributed by atoms with Gasteiger partial charge >= 0.3 is 0 Å². The first-order valence-electron chi connectivity index (χ1n) is 10.4. The molecule has 148 valence electrons. The van der Waals surface area contributed by atoms with Crippen molar-refractivity contribution >= 4 is 17.5 Å². The predicted molar refractivity (Wildman–Crippen MR) is 115 cm³/mol. The number of hydrogen-bond donors (Lipinski definition) is 1. The van der Waals surface area contributed by atoms with Gasteiger partial charge in [0.1, 0.15) is 5.82 Å². The highest BCUT2D eigenvalue weighted by molar-refractivity contribution is 5.62. The summed E-state index contributed by atoms with van der Waals surface area (Å²) in [5, 5.41) is 3.56. The Kier molecular flexibility index (Phi) is 5.09. The van der Waals surface area contributed by atoms with E-state index in [9.17, 15) is 0 Å². The average molecular weight is 387 g/mol. The van der Waals surface area contributed by atoms with Crippen LogP contribution in [0.1, 0.15) is 29.7 Å². The zero-order valence-electron chi connectivity index (χ0n) is 16.6. The first-order valence-corrected chi connectivity index (χ1v) is 10.4. The van der Waals surface area contributed by atoms with E-state index in [1.807, 2.05) is 36.7 Å². The number of nitrogens with one attached hydrogen (secondary N) is 1. The van der Waals surface area contributed by atoms with E-state index in [1.165, 1.54) is 29.7 Å². The van der Waals surface area contributed by atoms with E-state index in [1.54, 1.807) is 0 Å². The topological polar surface area (TPSA) is 57.2 Å². The fourth-order valence-corrected chi connectivity index (χ4v) is 4.16. The minimum absolute atomic E-state index is 0.847. The molecular formula is C23H26N6. The molecule has 0 radical (unpaired) electrons. The van der Waals surface area contributed by atoms with Crippen LogP contribution in [0, 0.1) is 0 Å². The molecule has 0 amide bonds. The van der Waals surface area contributed by atoms with Crippen LogP contribution in [-0.2, 0) is 19.5 Å². The third-order valence-electron chi connectivity index (χ3n) is 5.68. The molecule has 1 fully saturated rings. The molecule has 1 saturated heterocycles. The molecule has 3 aromatic rings. The van der Waals surface area contributed by atoms with Crippen molar-refractivity contribution in [1.82, 2.24) is 19.9 Å². The van der Waals surface area contributed by atoms with Crippen LogP contribution < -0.4 is 10.2 Å². The quantitative estimate of drug-likeness (QED) is 0.720. The first kappa shape index (κ1) is 18.1. The lowest BCUT2D eigenvalue weighted by atomic mass is 10.1. The Morgan fingerprint density at radius 2 is 1.79 bits per heavy atom. The Morgan fingerprint density at radius 1 is 0.931 bits per heavy atom. The number of pyridine rings is 1. The smallest absolute Gasteiger partial charge is 0.227 e. The number of nitrogens with zero attached hydrogens (tertiary/aromatic N) is 5. The van der Waals surface area contributed by atoms with E-state index in [2.05, 4.69) is 38.3 Å². The molecule has 6 nitrogen and oxygen atoms in total. The van der Waals surface area contributed by atoms with Gasteiger partial charge in [-0.2, -0.15) is 4.98 Å². The molecule has 1 N–H and O–H groups in total. The van der Waals surface area contributed by atoms with Crippen molar-refractivity contribution in [3.05, 3.63) is 71.7 Å². The van der Waals surface area contributed by atoms with Gasteiger partial charge in [0.15, 0.2) is 0 Å². The van der Waals surface area contributed by atoms with Crippen molar-refractivity contribution in [2.75, 3.05) is 29.9 Å². The molecule has 29 heavy (non-hydrogen) atoms. The van der Waals surface area contributed by atoms with E-state index in [0.717, 1.165) is 56.6 Å². The van der Waals surface area contributed by atoms with Crippen molar-refractivity contribution in [3.8, 4) is 0 Å². The van der Waals surface area contributed by atoms with Gasteiger partial charge in [0.2, 0.25) is 5.95 Å². The van der Waals surface area contributed by atoms with E-state index in [0.29, 0.717) is 0 Å². The van der Waals surface area contributed by atoms with Gasteiger partial charge in [0, 0.05) is 62.8 Å². The monoisotopic (exact) mass is 386 g/mol. The van der Waals surface area contributed by atoms with Crippen LogP contribution in [-0.4, -0.2) is 39.5 Å².